The van der Waals surface area contributed by atoms with Crippen molar-refractivity contribution in [1.82, 2.24) is 15.2 Å². The summed E-state index contributed by atoms with van der Waals surface area (Å²) in [6.07, 6.45) is 1.48. The maximum atomic E-state index is 14.0. The van der Waals surface area contributed by atoms with E-state index >= 15 is 0 Å². The van der Waals surface area contributed by atoms with Crippen LogP contribution in [-0.2, 0) is 16.1 Å². The van der Waals surface area contributed by atoms with Gasteiger partial charge in [-0.25, -0.2) is 8.78 Å². The first-order valence-corrected chi connectivity index (χ1v) is 7.72. The molecule has 1 heterocycles. The summed E-state index contributed by atoms with van der Waals surface area (Å²) in [5.74, 6) is -2.23. The van der Waals surface area contributed by atoms with Gasteiger partial charge in [-0.1, -0.05) is 12.1 Å². The van der Waals surface area contributed by atoms with E-state index in [1.54, 1.807) is 25.4 Å². The van der Waals surface area contributed by atoms with Gasteiger partial charge in [0.1, 0.15) is 11.6 Å². The molecule has 0 aliphatic rings. The highest BCUT2D eigenvalue weighted by Gasteiger charge is 2.22. The van der Waals surface area contributed by atoms with Crippen molar-refractivity contribution in [1.29, 1.82) is 0 Å². The van der Waals surface area contributed by atoms with Crippen LogP contribution in [0.5, 0.6) is 0 Å². The Morgan fingerprint density at radius 1 is 1.24 bits per heavy atom. The van der Waals surface area contributed by atoms with Gasteiger partial charge in [-0.2, -0.15) is 0 Å². The number of carbonyl (C=O) groups excluding carboxylic acids is 2. The van der Waals surface area contributed by atoms with E-state index in [2.05, 4.69) is 10.3 Å². The molecule has 0 saturated carbocycles. The Morgan fingerprint density at radius 2 is 2.00 bits per heavy atom. The van der Waals surface area contributed by atoms with E-state index in [-0.39, 0.29) is 17.9 Å². The average Bonchev–Trinajstić information content (AvgIpc) is 2.54. The summed E-state index contributed by atoms with van der Waals surface area (Å²) in [6, 6.07) is 7.55. The molecule has 1 N–H and O–H groups in total. The predicted molar refractivity (Wildman–Crippen MR) is 88.2 cm³/mol. The van der Waals surface area contributed by atoms with Gasteiger partial charge >= 0.3 is 0 Å². The smallest absolute Gasteiger partial charge is 0.225 e. The second-order valence-electron chi connectivity index (χ2n) is 5.69. The van der Waals surface area contributed by atoms with Crippen molar-refractivity contribution in [2.24, 2.45) is 0 Å². The zero-order chi connectivity index (χ0) is 18.4. The molecule has 2 amide bonds. The van der Waals surface area contributed by atoms with Crippen LogP contribution < -0.4 is 5.32 Å². The molecule has 7 heteroatoms. The van der Waals surface area contributed by atoms with Crippen molar-refractivity contribution in [2.75, 3.05) is 7.05 Å². The molecule has 0 aliphatic carbocycles. The minimum Gasteiger partial charge on any atom is -0.349 e. The topological polar surface area (TPSA) is 62.3 Å². The predicted octanol–water partition coefficient (Wildman–Crippen LogP) is 2.59. The first-order valence-electron chi connectivity index (χ1n) is 7.72. The number of rotatable bonds is 6. The van der Waals surface area contributed by atoms with E-state index in [1.807, 2.05) is 6.07 Å². The number of carbonyl (C=O) groups is 2. The third kappa shape index (κ3) is 5.34. The lowest BCUT2D eigenvalue weighted by Crippen LogP contribution is -2.34. The molecule has 0 radical (unpaired) electrons. The number of hydrogen-bond acceptors (Lipinski definition) is 3. The van der Waals surface area contributed by atoms with Gasteiger partial charge in [0.2, 0.25) is 11.8 Å². The van der Waals surface area contributed by atoms with E-state index in [1.165, 1.54) is 17.9 Å². The van der Waals surface area contributed by atoms with Gasteiger partial charge in [-0.15, -0.1) is 0 Å². The van der Waals surface area contributed by atoms with Crippen LogP contribution in [0.1, 0.15) is 30.6 Å². The molecule has 0 bridgehead atoms. The molecule has 2 aromatic rings. The fourth-order valence-corrected chi connectivity index (χ4v) is 2.42. The number of hydrogen-bond donors (Lipinski definition) is 1. The van der Waals surface area contributed by atoms with E-state index in [0.717, 1.165) is 12.1 Å². The van der Waals surface area contributed by atoms with Crippen LogP contribution in [0.15, 0.2) is 42.6 Å². The van der Waals surface area contributed by atoms with Crippen LogP contribution >= 0.6 is 0 Å². The van der Waals surface area contributed by atoms with Gasteiger partial charge in [-0.05, 0) is 18.2 Å². The second-order valence-corrected chi connectivity index (χ2v) is 5.69. The first kappa shape index (κ1) is 18.5. The third-order valence-electron chi connectivity index (χ3n) is 3.65. The summed E-state index contributed by atoms with van der Waals surface area (Å²) >= 11 is 0. The summed E-state index contributed by atoms with van der Waals surface area (Å²) in [7, 11) is 1.60. The lowest BCUT2D eigenvalue weighted by atomic mass is 10.0. The van der Waals surface area contributed by atoms with Crippen LogP contribution in [0.4, 0.5) is 8.78 Å². The van der Waals surface area contributed by atoms with Gasteiger partial charge in [0.05, 0.1) is 24.7 Å². The summed E-state index contributed by atoms with van der Waals surface area (Å²) in [4.78, 5) is 29.4. The Hall–Kier alpha value is -2.83. The highest BCUT2D eigenvalue weighted by molar-refractivity contribution is 5.79. The summed E-state index contributed by atoms with van der Waals surface area (Å²) in [6.45, 7) is 1.56. The summed E-state index contributed by atoms with van der Waals surface area (Å²) in [5.41, 5.74) is 0.776. The molecular weight excluding hydrogens is 328 g/mol. The zero-order valence-electron chi connectivity index (χ0n) is 14.0. The standard InChI is InChI=1S/C18H19F2N3O2/c1-12(24)22-17(15-7-6-13(19)9-16(15)20)10-18(25)23(2)11-14-5-3-4-8-21-14/h3-9,17H,10-11H2,1-2H3,(H,22,24)/t17-/m0/s1. The lowest BCUT2D eigenvalue weighted by molar-refractivity contribution is -0.131. The minimum absolute atomic E-state index is 0.0659. The van der Waals surface area contributed by atoms with Crippen LogP contribution in [0.25, 0.3) is 0 Å². The van der Waals surface area contributed by atoms with E-state index in [0.29, 0.717) is 12.2 Å². The molecule has 0 aliphatic heterocycles. The number of benzene rings is 1. The minimum atomic E-state index is -0.878. The molecule has 1 aromatic heterocycles. The van der Waals surface area contributed by atoms with Crippen molar-refractivity contribution >= 4 is 11.8 Å². The number of nitrogens with one attached hydrogen (secondary N) is 1. The van der Waals surface area contributed by atoms with Crippen molar-refractivity contribution in [2.45, 2.75) is 25.9 Å². The Balaban J connectivity index is 2.13. The highest BCUT2D eigenvalue weighted by Crippen LogP contribution is 2.22. The van der Waals surface area contributed by atoms with Gasteiger partial charge in [-0.3, -0.25) is 14.6 Å². The van der Waals surface area contributed by atoms with Crippen molar-refractivity contribution in [3.8, 4) is 0 Å². The van der Waals surface area contributed by atoms with Gasteiger partial charge in [0, 0.05) is 31.8 Å². The molecule has 132 valence electrons. The molecule has 0 spiro atoms. The summed E-state index contributed by atoms with van der Waals surface area (Å²) in [5, 5.41) is 2.54. The lowest BCUT2D eigenvalue weighted by Gasteiger charge is -2.22. The van der Waals surface area contributed by atoms with Crippen LogP contribution in [0, 0.1) is 11.6 Å². The average molecular weight is 347 g/mol. The number of pyridine rings is 1. The molecule has 0 saturated heterocycles. The van der Waals surface area contributed by atoms with Crippen LogP contribution in [0.2, 0.25) is 0 Å². The van der Waals surface area contributed by atoms with Crippen LogP contribution in [0.3, 0.4) is 0 Å². The van der Waals surface area contributed by atoms with Gasteiger partial charge in [0.15, 0.2) is 0 Å². The molecule has 2 rings (SSSR count). The van der Waals surface area contributed by atoms with Gasteiger partial charge < -0.3 is 10.2 Å². The number of halogens is 2. The summed E-state index contributed by atoms with van der Waals surface area (Å²) < 4.78 is 27.1. The molecule has 1 aromatic carbocycles. The Kier molecular flexibility index (Phi) is 6.16. The highest BCUT2D eigenvalue weighted by atomic mass is 19.1. The monoisotopic (exact) mass is 347 g/mol. The molecule has 0 fully saturated rings. The maximum Gasteiger partial charge on any atom is 0.225 e. The Bertz CT molecular complexity index is 753. The molecule has 0 unspecified atom stereocenters. The van der Waals surface area contributed by atoms with E-state index in [4.69, 9.17) is 0 Å². The fraction of sp³-hybridized carbons (Fsp3) is 0.278. The molecule has 5 nitrogen and oxygen atoms in total. The van der Waals surface area contributed by atoms with Crippen LogP contribution in [-0.4, -0.2) is 28.7 Å². The molecule has 1 atom stereocenters. The molecular formula is C18H19F2N3O2. The first-order chi connectivity index (χ1) is 11.9. The quantitative estimate of drug-likeness (QED) is 0.874. The largest absolute Gasteiger partial charge is 0.349 e. The Morgan fingerprint density at radius 3 is 2.60 bits per heavy atom. The van der Waals surface area contributed by atoms with Crippen molar-refractivity contribution in [3.05, 3.63) is 65.5 Å². The zero-order valence-corrected chi connectivity index (χ0v) is 14.0. The normalized spacial score (nSPS) is 11.7. The van der Waals surface area contributed by atoms with Gasteiger partial charge in [0.25, 0.3) is 0 Å². The third-order valence-corrected chi connectivity index (χ3v) is 3.65. The van der Waals surface area contributed by atoms with Crippen molar-refractivity contribution in [3.63, 3.8) is 0 Å². The maximum absolute atomic E-state index is 14.0. The fourth-order valence-electron chi connectivity index (χ4n) is 2.42. The van der Waals surface area contributed by atoms with E-state index in [9.17, 15) is 18.4 Å². The second kappa shape index (κ2) is 8.32. The van der Waals surface area contributed by atoms with E-state index < -0.39 is 23.6 Å². The number of amides is 2. The number of nitrogens with zero attached hydrogens (tertiary/aromatic N) is 2. The van der Waals surface area contributed by atoms with Crippen molar-refractivity contribution < 1.29 is 18.4 Å². The SMILES string of the molecule is CC(=O)N[C@@H](CC(=O)N(C)Cc1ccccn1)c1ccc(F)cc1F. The Labute approximate surface area is 144 Å². The molecule has 25 heavy (non-hydrogen) atoms. The number of aromatic nitrogens is 1.